The average Bonchev–Trinajstić information content (AvgIpc) is 3.12. The highest BCUT2D eigenvalue weighted by molar-refractivity contribution is 6.42. The molecule has 1 atom stereocenters. The largest absolute Gasteiger partial charge is 0.479 e. The first kappa shape index (κ1) is 19.0. The average molecular weight is 393 g/mol. The molecule has 1 unspecified atom stereocenters. The molecule has 3 rings (SSSR count). The van der Waals surface area contributed by atoms with Gasteiger partial charge in [-0.2, -0.15) is 0 Å². The minimum absolute atomic E-state index is 0.237. The highest BCUT2D eigenvalue weighted by atomic mass is 35.5. The van der Waals surface area contributed by atoms with Gasteiger partial charge >= 0.3 is 0 Å². The van der Waals surface area contributed by atoms with Gasteiger partial charge in [0.25, 0.3) is 5.91 Å². The number of halogens is 2. The molecule has 1 N–H and O–H groups in total. The van der Waals surface area contributed by atoms with Gasteiger partial charge in [-0.3, -0.25) is 9.69 Å². The van der Waals surface area contributed by atoms with Crippen molar-refractivity contribution >= 4 is 34.8 Å². The van der Waals surface area contributed by atoms with E-state index in [4.69, 9.17) is 27.9 Å². The topological polar surface area (TPSA) is 41.6 Å². The molecule has 1 aliphatic rings. The van der Waals surface area contributed by atoms with Gasteiger partial charge in [-0.25, -0.2) is 0 Å². The zero-order chi connectivity index (χ0) is 18.5. The van der Waals surface area contributed by atoms with Gasteiger partial charge in [0.1, 0.15) is 10.8 Å². The number of rotatable bonds is 6. The molecule has 1 aliphatic heterocycles. The van der Waals surface area contributed by atoms with E-state index in [1.807, 2.05) is 18.2 Å². The van der Waals surface area contributed by atoms with Crippen molar-refractivity contribution in [2.24, 2.45) is 0 Å². The molecule has 0 aliphatic carbocycles. The lowest BCUT2D eigenvalue weighted by molar-refractivity contribution is -0.122. The summed E-state index contributed by atoms with van der Waals surface area (Å²) in [5, 5.41) is 3.60. The summed E-state index contributed by atoms with van der Waals surface area (Å²) in [6, 6.07) is 13.0. The Morgan fingerprint density at radius 2 is 1.92 bits per heavy atom. The summed E-state index contributed by atoms with van der Waals surface area (Å²) in [5.41, 5.74) is 1.95. The summed E-state index contributed by atoms with van der Waals surface area (Å²) in [6.07, 6.45) is 1.82. The quantitative estimate of drug-likeness (QED) is 0.752. The molecule has 6 heteroatoms. The summed E-state index contributed by atoms with van der Waals surface area (Å²) >= 11 is 12.1. The molecule has 1 fully saturated rings. The third-order valence-corrected chi connectivity index (χ3v) is 5.19. The van der Waals surface area contributed by atoms with E-state index in [2.05, 4.69) is 16.3 Å². The first-order chi connectivity index (χ1) is 12.5. The van der Waals surface area contributed by atoms with E-state index in [0.29, 0.717) is 15.8 Å². The van der Waals surface area contributed by atoms with Crippen molar-refractivity contribution in [2.75, 3.05) is 18.4 Å². The van der Waals surface area contributed by atoms with E-state index >= 15 is 0 Å². The van der Waals surface area contributed by atoms with Crippen LogP contribution in [0.15, 0.2) is 42.5 Å². The molecular formula is C20H22Cl2N2O2. The Hall–Kier alpha value is -1.75. The summed E-state index contributed by atoms with van der Waals surface area (Å²) in [5.74, 6) is 0.156. The van der Waals surface area contributed by atoms with E-state index in [1.165, 1.54) is 18.4 Å². The summed E-state index contributed by atoms with van der Waals surface area (Å²) in [6.45, 7) is 4.87. The van der Waals surface area contributed by atoms with Crippen LogP contribution in [0, 0.1) is 0 Å². The van der Waals surface area contributed by atoms with E-state index in [0.717, 1.165) is 25.3 Å². The van der Waals surface area contributed by atoms with Crippen molar-refractivity contribution in [2.45, 2.75) is 32.4 Å². The predicted octanol–water partition coefficient (Wildman–Crippen LogP) is 5.00. The van der Waals surface area contributed by atoms with Crippen LogP contribution in [0.5, 0.6) is 5.75 Å². The molecule has 1 amide bonds. The maximum Gasteiger partial charge on any atom is 0.265 e. The van der Waals surface area contributed by atoms with Crippen molar-refractivity contribution in [3.05, 3.63) is 58.1 Å². The molecule has 26 heavy (non-hydrogen) atoms. The number of amides is 1. The normalized spacial score (nSPS) is 15.7. The number of hydrogen-bond donors (Lipinski definition) is 1. The number of benzene rings is 2. The van der Waals surface area contributed by atoms with Crippen LogP contribution in [0.25, 0.3) is 0 Å². The molecule has 0 spiro atoms. The van der Waals surface area contributed by atoms with Crippen LogP contribution in [0.2, 0.25) is 10.0 Å². The number of carbonyl (C=O) groups excluding carboxylic acids is 1. The van der Waals surface area contributed by atoms with Crippen molar-refractivity contribution in [3.8, 4) is 5.75 Å². The lowest BCUT2D eigenvalue weighted by atomic mass is 10.2. The second-order valence-electron chi connectivity index (χ2n) is 6.48. The molecular weight excluding hydrogens is 371 g/mol. The van der Waals surface area contributed by atoms with Crippen LogP contribution >= 0.6 is 23.2 Å². The van der Waals surface area contributed by atoms with Crippen LogP contribution in [0.3, 0.4) is 0 Å². The van der Waals surface area contributed by atoms with Gasteiger partial charge in [-0.05, 0) is 62.7 Å². The van der Waals surface area contributed by atoms with Gasteiger partial charge in [0.15, 0.2) is 6.10 Å². The molecule has 0 saturated carbocycles. The molecule has 0 aromatic heterocycles. The fourth-order valence-corrected chi connectivity index (χ4v) is 3.35. The summed E-state index contributed by atoms with van der Waals surface area (Å²) < 4.78 is 5.66. The van der Waals surface area contributed by atoms with Crippen LogP contribution in [0.4, 0.5) is 5.69 Å². The molecule has 0 radical (unpaired) electrons. The van der Waals surface area contributed by atoms with Gasteiger partial charge in [-0.15, -0.1) is 0 Å². The van der Waals surface area contributed by atoms with Crippen molar-refractivity contribution < 1.29 is 9.53 Å². The Labute approximate surface area is 164 Å². The first-order valence-electron chi connectivity index (χ1n) is 8.76. The highest BCUT2D eigenvalue weighted by Gasteiger charge is 2.18. The third kappa shape index (κ3) is 4.91. The Kier molecular flexibility index (Phi) is 6.41. The lowest BCUT2D eigenvalue weighted by Crippen LogP contribution is -2.30. The minimum Gasteiger partial charge on any atom is -0.479 e. The highest BCUT2D eigenvalue weighted by Crippen LogP contribution is 2.32. The van der Waals surface area contributed by atoms with Gasteiger partial charge in [0.2, 0.25) is 0 Å². The molecule has 1 heterocycles. The monoisotopic (exact) mass is 392 g/mol. The zero-order valence-corrected chi connectivity index (χ0v) is 16.2. The second kappa shape index (κ2) is 8.76. The zero-order valence-electron chi connectivity index (χ0n) is 14.7. The van der Waals surface area contributed by atoms with Gasteiger partial charge in [0, 0.05) is 12.2 Å². The summed E-state index contributed by atoms with van der Waals surface area (Å²) in [7, 11) is 0. The maximum atomic E-state index is 12.4. The minimum atomic E-state index is -0.701. The second-order valence-corrected chi connectivity index (χ2v) is 7.27. The van der Waals surface area contributed by atoms with E-state index in [9.17, 15) is 4.79 Å². The van der Waals surface area contributed by atoms with E-state index in [-0.39, 0.29) is 5.91 Å². The van der Waals surface area contributed by atoms with E-state index in [1.54, 1.807) is 25.1 Å². The van der Waals surface area contributed by atoms with Crippen molar-refractivity contribution in [1.82, 2.24) is 4.90 Å². The third-order valence-electron chi connectivity index (χ3n) is 4.39. The first-order valence-corrected chi connectivity index (χ1v) is 9.51. The smallest absolute Gasteiger partial charge is 0.265 e. The molecule has 138 valence electrons. The Morgan fingerprint density at radius 1 is 1.19 bits per heavy atom. The molecule has 0 bridgehead atoms. The fourth-order valence-electron chi connectivity index (χ4n) is 3.01. The number of likely N-dealkylation sites (tertiary alicyclic amines) is 1. The molecule has 2 aromatic carbocycles. The van der Waals surface area contributed by atoms with Crippen LogP contribution in [0.1, 0.15) is 25.3 Å². The van der Waals surface area contributed by atoms with Gasteiger partial charge in [0.05, 0.1) is 5.02 Å². The number of hydrogen-bond acceptors (Lipinski definition) is 3. The molecule has 1 saturated heterocycles. The van der Waals surface area contributed by atoms with Crippen molar-refractivity contribution in [1.29, 1.82) is 0 Å². The Bertz CT molecular complexity index is 776. The van der Waals surface area contributed by atoms with Crippen LogP contribution in [-0.4, -0.2) is 30.0 Å². The van der Waals surface area contributed by atoms with Crippen LogP contribution in [-0.2, 0) is 11.3 Å². The lowest BCUT2D eigenvalue weighted by Gasteiger charge is -2.17. The number of nitrogens with one attached hydrogen (secondary N) is 1. The van der Waals surface area contributed by atoms with Gasteiger partial charge in [-0.1, -0.05) is 41.4 Å². The number of carbonyl (C=O) groups is 1. The van der Waals surface area contributed by atoms with Gasteiger partial charge < -0.3 is 10.1 Å². The predicted molar refractivity (Wildman–Crippen MR) is 106 cm³/mol. The van der Waals surface area contributed by atoms with Crippen LogP contribution < -0.4 is 10.1 Å². The standard InChI is InChI=1S/C20H22Cl2N2O2/c1-14(26-18-9-5-8-17(21)19(18)22)20(25)23-16-7-4-6-15(12-16)13-24-10-2-3-11-24/h4-9,12,14H,2-3,10-11,13H2,1H3,(H,23,25). The number of anilines is 1. The number of nitrogens with zero attached hydrogens (tertiary/aromatic N) is 1. The van der Waals surface area contributed by atoms with E-state index < -0.39 is 6.10 Å². The number of ether oxygens (including phenoxy) is 1. The molecule has 4 nitrogen and oxygen atoms in total. The summed E-state index contributed by atoms with van der Waals surface area (Å²) in [4.78, 5) is 14.9. The Morgan fingerprint density at radius 3 is 2.69 bits per heavy atom. The maximum absolute atomic E-state index is 12.4. The fraction of sp³-hybridized carbons (Fsp3) is 0.350. The molecule has 2 aromatic rings. The van der Waals surface area contributed by atoms with Crippen molar-refractivity contribution in [3.63, 3.8) is 0 Å². The Balaban J connectivity index is 1.60. The SMILES string of the molecule is CC(Oc1cccc(Cl)c1Cl)C(=O)Nc1cccc(CN2CCCC2)c1.